The largest absolute Gasteiger partial charge is 0.342 e. The number of rotatable bonds is 5. The average Bonchev–Trinajstić information content (AvgIpc) is 3.12. The van der Waals surface area contributed by atoms with E-state index in [1.54, 1.807) is 48.5 Å². The van der Waals surface area contributed by atoms with E-state index in [0.717, 1.165) is 5.56 Å². The predicted molar refractivity (Wildman–Crippen MR) is 101 cm³/mol. The molecule has 0 aliphatic rings. The standard InChI is InChI=1S/C18H14Cl2N4O2/c19-12-4-6-14(7-5-12)22-17(25)10-21-18(26)16-9-15(23-24-16)11-2-1-3-13(20)8-11/h1-9H,10H2,(H,21,26)(H,22,25)(H,23,24). The predicted octanol–water partition coefficient (Wildman–Crippen LogP) is 3.75. The lowest BCUT2D eigenvalue weighted by atomic mass is 10.1. The van der Waals surface area contributed by atoms with Crippen LogP contribution in [-0.2, 0) is 4.79 Å². The number of hydrogen-bond acceptors (Lipinski definition) is 3. The van der Waals surface area contributed by atoms with Crippen molar-refractivity contribution in [1.29, 1.82) is 0 Å². The fourth-order valence-corrected chi connectivity index (χ4v) is 2.54. The Morgan fingerprint density at radius 1 is 1.00 bits per heavy atom. The zero-order valence-electron chi connectivity index (χ0n) is 13.4. The van der Waals surface area contributed by atoms with E-state index in [1.807, 2.05) is 6.07 Å². The van der Waals surface area contributed by atoms with E-state index in [2.05, 4.69) is 20.8 Å². The first-order chi connectivity index (χ1) is 12.5. The molecule has 0 atom stereocenters. The molecule has 2 amide bonds. The SMILES string of the molecule is O=C(CNC(=O)c1cc(-c2cccc(Cl)c2)n[nH]1)Nc1ccc(Cl)cc1. The minimum atomic E-state index is -0.433. The molecule has 0 fully saturated rings. The third-order valence-corrected chi connectivity index (χ3v) is 3.97. The van der Waals surface area contributed by atoms with Crippen molar-refractivity contribution in [3.05, 3.63) is 70.3 Å². The molecular weight excluding hydrogens is 375 g/mol. The van der Waals surface area contributed by atoms with E-state index in [-0.39, 0.29) is 18.1 Å². The fraction of sp³-hybridized carbons (Fsp3) is 0.0556. The second-order valence-electron chi connectivity index (χ2n) is 5.41. The molecule has 26 heavy (non-hydrogen) atoms. The summed E-state index contributed by atoms with van der Waals surface area (Å²) in [6.07, 6.45) is 0. The van der Waals surface area contributed by atoms with Crippen molar-refractivity contribution < 1.29 is 9.59 Å². The molecule has 0 spiro atoms. The zero-order valence-corrected chi connectivity index (χ0v) is 14.9. The molecule has 132 valence electrons. The van der Waals surface area contributed by atoms with Crippen molar-refractivity contribution in [3.63, 3.8) is 0 Å². The number of anilines is 1. The van der Waals surface area contributed by atoms with Gasteiger partial charge in [0, 0.05) is 21.3 Å². The van der Waals surface area contributed by atoms with Crippen molar-refractivity contribution in [3.8, 4) is 11.3 Å². The molecule has 6 nitrogen and oxygen atoms in total. The Balaban J connectivity index is 1.57. The lowest BCUT2D eigenvalue weighted by Gasteiger charge is -2.06. The highest BCUT2D eigenvalue weighted by Gasteiger charge is 2.12. The molecule has 0 aliphatic carbocycles. The lowest BCUT2D eigenvalue weighted by Crippen LogP contribution is -2.33. The average molecular weight is 389 g/mol. The number of benzene rings is 2. The summed E-state index contributed by atoms with van der Waals surface area (Å²) >= 11 is 11.7. The minimum absolute atomic E-state index is 0.174. The molecule has 3 rings (SSSR count). The summed E-state index contributed by atoms with van der Waals surface area (Å²) < 4.78 is 0. The van der Waals surface area contributed by atoms with Gasteiger partial charge in [-0.15, -0.1) is 0 Å². The summed E-state index contributed by atoms with van der Waals surface area (Å²) in [5, 5.41) is 13.1. The van der Waals surface area contributed by atoms with Gasteiger partial charge < -0.3 is 10.6 Å². The molecule has 2 aromatic carbocycles. The van der Waals surface area contributed by atoms with Crippen LogP contribution in [0.3, 0.4) is 0 Å². The van der Waals surface area contributed by atoms with Gasteiger partial charge in [-0.1, -0.05) is 35.3 Å². The molecule has 1 heterocycles. The molecule has 3 N–H and O–H groups in total. The maximum Gasteiger partial charge on any atom is 0.269 e. The van der Waals surface area contributed by atoms with E-state index < -0.39 is 5.91 Å². The molecule has 0 saturated carbocycles. The lowest BCUT2D eigenvalue weighted by molar-refractivity contribution is -0.115. The molecule has 0 saturated heterocycles. The van der Waals surface area contributed by atoms with Crippen LogP contribution in [-0.4, -0.2) is 28.6 Å². The van der Waals surface area contributed by atoms with Crippen LogP contribution in [0.2, 0.25) is 10.0 Å². The van der Waals surface area contributed by atoms with Crippen LogP contribution in [0, 0.1) is 0 Å². The van der Waals surface area contributed by atoms with Gasteiger partial charge in [0.05, 0.1) is 12.2 Å². The van der Waals surface area contributed by atoms with Crippen LogP contribution < -0.4 is 10.6 Å². The number of carbonyl (C=O) groups excluding carboxylic acids is 2. The Bertz CT molecular complexity index is 938. The number of amides is 2. The fourth-order valence-electron chi connectivity index (χ4n) is 2.23. The van der Waals surface area contributed by atoms with Crippen LogP contribution in [0.1, 0.15) is 10.5 Å². The smallest absolute Gasteiger partial charge is 0.269 e. The first-order valence-electron chi connectivity index (χ1n) is 7.66. The van der Waals surface area contributed by atoms with Crippen LogP contribution in [0.25, 0.3) is 11.3 Å². The third-order valence-electron chi connectivity index (χ3n) is 3.48. The number of aromatic amines is 1. The molecular formula is C18H14Cl2N4O2. The van der Waals surface area contributed by atoms with Gasteiger partial charge in [-0.05, 0) is 42.5 Å². The highest BCUT2D eigenvalue weighted by atomic mass is 35.5. The van der Waals surface area contributed by atoms with Gasteiger partial charge in [-0.3, -0.25) is 14.7 Å². The van der Waals surface area contributed by atoms with Gasteiger partial charge in [-0.25, -0.2) is 0 Å². The van der Waals surface area contributed by atoms with Gasteiger partial charge in [0.25, 0.3) is 5.91 Å². The highest BCUT2D eigenvalue weighted by Crippen LogP contribution is 2.21. The van der Waals surface area contributed by atoms with E-state index in [0.29, 0.717) is 21.4 Å². The van der Waals surface area contributed by atoms with Gasteiger partial charge in [0.1, 0.15) is 5.69 Å². The Morgan fingerprint density at radius 2 is 1.77 bits per heavy atom. The maximum atomic E-state index is 12.2. The summed E-state index contributed by atoms with van der Waals surface area (Å²) in [6.45, 7) is -0.174. The summed E-state index contributed by atoms with van der Waals surface area (Å²) in [5.41, 5.74) is 2.22. The molecule has 8 heteroatoms. The number of H-pyrrole nitrogens is 1. The van der Waals surface area contributed by atoms with E-state index in [1.165, 1.54) is 0 Å². The number of carbonyl (C=O) groups is 2. The van der Waals surface area contributed by atoms with E-state index in [4.69, 9.17) is 23.2 Å². The van der Waals surface area contributed by atoms with Crippen molar-refractivity contribution in [1.82, 2.24) is 15.5 Å². The summed E-state index contributed by atoms with van der Waals surface area (Å²) in [4.78, 5) is 24.0. The summed E-state index contributed by atoms with van der Waals surface area (Å²) in [6, 6.07) is 15.4. The van der Waals surface area contributed by atoms with Gasteiger partial charge in [-0.2, -0.15) is 5.10 Å². The number of nitrogens with one attached hydrogen (secondary N) is 3. The molecule has 0 radical (unpaired) electrons. The first kappa shape index (κ1) is 18.0. The van der Waals surface area contributed by atoms with Gasteiger partial charge >= 0.3 is 0 Å². The molecule has 3 aromatic rings. The Labute approximate surface area is 159 Å². The number of nitrogens with zero attached hydrogens (tertiary/aromatic N) is 1. The Hall–Kier alpha value is -2.83. The zero-order chi connectivity index (χ0) is 18.5. The monoisotopic (exact) mass is 388 g/mol. The highest BCUT2D eigenvalue weighted by molar-refractivity contribution is 6.31. The number of hydrogen-bond donors (Lipinski definition) is 3. The summed E-state index contributed by atoms with van der Waals surface area (Å²) in [5.74, 6) is -0.785. The molecule has 1 aromatic heterocycles. The topological polar surface area (TPSA) is 86.9 Å². The molecule has 0 aliphatic heterocycles. The second-order valence-corrected chi connectivity index (χ2v) is 6.29. The van der Waals surface area contributed by atoms with Crippen molar-refractivity contribution in [2.75, 3.05) is 11.9 Å². The van der Waals surface area contributed by atoms with Crippen LogP contribution in [0.4, 0.5) is 5.69 Å². The van der Waals surface area contributed by atoms with E-state index in [9.17, 15) is 9.59 Å². The Morgan fingerprint density at radius 3 is 2.50 bits per heavy atom. The Kier molecular flexibility index (Phi) is 5.55. The van der Waals surface area contributed by atoms with Crippen LogP contribution in [0.15, 0.2) is 54.6 Å². The minimum Gasteiger partial charge on any atom is -0.342 e. The first-order valence-corrected chi connectivity index (χ1v) is 8.42. The van der Waals surface area contributed by atoms with Crippen molar-refractivity contribution in [2.24, 2.45) is 0 Å². The van der Waals surface area contributed by atoms with Gasteiger partial charge in [0.15, 0.2) is 0 Å². The molecule has 0 unspecified atom stereocenters. The van der Waals surface area contributed by atoms with Gasteiger partial charge in [0.2, 0.25) is 5.91 Å². The molecule has 0 bridgehead atoms. The van der Waals surface area contributed by atoms with Crippen molar-refractivity contribution in [2.45, 2.75) is 0 Å². The number of aromatic nitrogens is 2. The normalized spacial score (nSPS) is 10.4. The number of halogens is 2. The summed E-state index contributed by atoms with van der Waals surface area (Å²) in [7, 11) is 0. The third kappa shape index (κ3) is 4.62. The maximum absolute atomic E-state index is 12.2. The van der Waals surface area contributed by atoms with Crippen molar-refractivity contribution >= 4 is 40.7 Å². The second kappa shape index (κ2) is 8.03. The quantitative estimate of drug-likeness (QED) is 0.621. The van der Waals surface area contributed by atoms with E-state index >= 15 is 0 Å². The van der Waals surface area contributed by atoms with Crippen LogP contribution in [0.5, 0.6) is 0 Å². The van der Waals surface area contributed by atoms with Crippen LogP contribution >= 0.6 is 23.2 Å².